The highest BCUT2D eigenvalue weighted by Crippen LogP contribution is 2.18. The number of aryl methyl sites for hydroxylation is 1. The molecule has 1 aromatic heterocycles. The molecule has 1 N–H and O–H groups in total. The molecule has 5 heteroatoms. The molecule has 106 valence electrons. The van der Waals surface area contributed by atoms with Crippen molar-refractivity contribution in [3.05, 3.63) is 57.0 Å². The molecule has 0 fully saturated rings. The van der Waals surface area contributed by atoms with Gasteiger partial charge < -0.3 is 5.32 Å². The van der Waals surface area contributed by atoms with Crippen molar-refractivity contribution in [1.82, 2.24) is 9.78 Å². The number of rotatable bonds is 5. The van der Waals surface area contributed by atoms with Gasteiger partial charge in [-0.1, -0.05) is 30.7 Å². The van der Waals surface area contributed by atoms with Gasteiger partial charge in [-0.2, -0.15) is 5.10 Å². The molecule has 0 aliphatic carbocycles. The van der Waals surface area contributed by atoms with Crippen molar-refractivity contribution in [2.24, 2.45) is 0 Å². The van der Waals surface area contributed by atoms with Gasteiger partial charge in [0.2, 0.25) is 0 Å². The Balaban J connectivity index is 2.19. The summed E-state index contributed by atoms with van der Waals surface area (Å²) in [5.41, 5.74) is 2.60. The fraction of sp³-hybridized carbons (Fsp3) is 0.333. The van der Waals surface area contributed by atoms with Crippen LogP contribution in [-0.4, -0.2) is 16.3 Å². The van der Waals surface area contributed by atoms with E-state index in [4.69, 9.17) is 11.6 Å². The van der Waals surface area contributed by atoms with Gasteiger partial charge in [0.15, 0.2) is 0 Å². The maximum Gasteiger partial charge on any atom is 0.269 e. The van der Waals surface area contributed by atoms with Crippen LogP contribution < -0.4 is 10.9 Å². The molecule has 0 radical (unpaired) electrons. The number of benzene rings is 1. The van der Waals surface area contributed by atoms with Crippen LogP contribution in [0.3, 0.4) is 0 Å². The Bertz CT molecular complexity index is 652. The molecule has 0 amide bonds. The average Bonchev–Trinajstić information content (AvgIpc) is 2.42. The lowest BCUT2D eigenvalue weighted by Crippen LogP contribution is -2.23. The SMILES string of the molecule is CCCNc1cnn(Cc2ccc(C)cc2Cl)c(=O)c1. The first-order chi connectivity index (χ1) is 9.60. The van der Waals surface area contributed by atoms with Crippen LogP contribution >= 0.6 is 11.6 Å². The first kappa shape index (κ1) is 14.6. The number of aromatic nitrogens is 2. The number of hydrogen-bond donors (Lipinski definition) is 1. The van der Waals surface area contributed by atoms with Crippen LogP contribution in [-0.2, 0) is 6.54 Å². The van der Waals surface area contributed by atoms with Crippen LogP contribution in [0.5, 0.6) is 0 Å². The average molecular weight is 292 g/mol. The monoisotopic (exact) mass is 291 g/mol. The summed E-state index contributed by atoms with van der Waals surface area (Å²) >= 11 is 6.18. The van der Waals surface area contributed by atoms with E-state index in [0.717, 1.165) is 29.8 Å². The van der Waals surface area contributed by atoms with Crippen molar-refractivity contribution in [2.45, 2.75) is 26.8 Å². The van der Waals surface area contributed by atoms with E-state index < -0.39 is 0 Å². The van der Waals surface area contributed by atoms with Crippen LogP contribution in [0, 0.1) is 6.92 Å². The van der Waals surface area contributed by atoms with E-state index in [1.807, 2.05) is 25.1 Å². The van der Waals surface area contributed by atoms with E-state index in [0.29, 0.717) is 11.6 Å². The van der Waals surface area contributed by atoms with Crippen LogP contribution in [0.15, 0.2) is 35.3 Å². The lowest BCUT2D eigenvalue weighted by Gasteiger charge is -2.09. The first-order valence-corrected chi connectivity index (χ1v) is 7.04. The Morgan fingerprint density at radius 3 is 2.80 bits per heavy atom. The number of halogens is 1. The van der Waals surface area contributed by atoms with Gasteiger partial charge in [0, 0.05) is 17.6 Å². The van der Waals surface area contributed by atoms with Crippen molar-refractivity contribution in [3.63, 3.8) is 0 Å². The molecule has 0 spiro atoms. The summed E-state index contributed by atoms with van der Waals surface area (Å²) in [6, 6.07) is 7.35. The van der Waals surface area contributed by atoms with Crippen LogP contribution in [0.1, 0.15) is 24.5 Å². The normalized spacial score (nSPS) is 10.6. The fourth-order valence-electron chi connectivity index (χ4n) is 1.86. The maximum absolute atomic E-state index is 12.0. The molecule has 1 aromatic carbocycles. The van der Waals surface area contributed by atoms with Gasteiger partial charge in [-0.3, -0.25) is 4.79 Å². The lowest BCUT2D eigenvalue weighted by atomic mass is 10.1. The second-order valence-electron chi connectivity index (χ2n) is 4.76. The van der Waals surface area contributed by atoms with Crippen LogP contribution in [0.25, 0.3) is 0 Å². The Hall–Kier alpha value is -1.81. The highest BCUT2D eigenvalue weighted by Gasteiger charge is 2.05. The van der Waals surface area contributed by atoms with Crippen LogP contribution in [0.2, 0.25) is 5.02 Å². The minimum Gasteiger partial charge on any atom is -0.384 e. The Labute approximate surface area is 123 Å². The Kier molecular flexibility index (Phi) is 4.79. The van der Waals surface area contributed by atoms with E-state index in [1.54, 1.807) is 12.3 Å². The summed E-state index contributed by atoms with van der Waals surface area (Å²) < 4.78 is 1.41. The summed E-state index contributed by atoms with van der Waals surface area (Å²) in [5, 5.41) is 7.98. The van der Waals surface area contributed by atoms with E-state index >= 15 is 0 Å². The maximum atomic E-state index is 12.0. The highest BCUT2D eigenvalue weighted by atomic mass is 35.5. The summed E-state index contributed by atoms with van der Waals surface area (Å²) in [6.45, 7) is 5.26. The van der Waals surface area contributed by atoms with Crippen LogP contribution in [0.4, 0.5) is 5.69 Å². The number of nitrogens with zero attached hydrogens (tertiary/aromatic N) is 2. The summed E-state index contributed by atoms with van der Waals surface area (Å²) in [7, 11) is 0. The van der Waals surface area contributed by atoms with Gasteiger partial charge >= 0.3 is 0 Å². The molecule has 1 heterocycles. The smallest absolute Gasteiger partial charge is 0.269 e. The number of hydrogen-bond acceptors (Lipinski definition) is 3. The molecule has 0 saturated heterocycles. The lowest BCUT2D eigenvalue weighted by molar-refractivity contribution is 0.639. The molecular formula is C15H18ClN3O. The highest BCUT2D eigenvalue weighted by molar-refractivity contribution is 6.31. The van der Waals surface area contributed by atoms with E-state index in [2.05, 4.69) is 17.3 Å². The largest absolute Gasteiger partial charge is 0.384 e. The summed E-state index contributed by atoms with van der Waals surface area (Å²) in [4.78, 5) is 12.0. The molecule has 0 bridgehead atoms. The molecule has 0 unspecified atom stereocenters. The molecule has 2 aromatic rings. The van der Waals surface area contributed by atoms with E-state index in [-0.39, 0.29) is 5.56 Å². The third-order valence-electron chi connectivity index (χ3n) is 2.98. The number of nitrogens with one attached hydrogen (secondary N) is 1. The fourth-order valence-corrected chi connectivity index (χ4v) is 2.16. The minimum absolute atomic E-state index is 0.136. The predicted molar refractivity (Wildman–Crippen MR) is 82.6 cm³/mol. The molecule has 20 heavy (non-hydrogen) atoms. The molecule has 0 aliphatic rings. The molecular weight excluding hydrogens is 274 g/mol. The zero-order chi connectivity index (χ0) is 14.5. The molecule has 0 aliphatic heterocycles. The summed E-state index contributed by atoms with van der Waals surface area (Å²) in [6.07, 6.45) is 2.67. The number of anilines is 1. The standard InChI is InChI=1S/C15H18ClN3O/c1-3-6-17-13-8-15(20)19(18-9-13)10-12-5-4-11(2)7-14(12)16/h4-5,7-9,17H,3,6,10H2,1-2H3. The third kappa shape index (κ3) is 3.61. The van der Waals surface area contributed by atoms with E-state index in [1.165, 1.54) is 4.68 Å². The third-order valence-corrected chi connectivity index (χ3v) is 3.33. The molecule has 4 nitrogen and oxygen atoms in total. The molecule has 2 rings (SSSR count). The minimum atomic E-state index is -0.136. The Morgan fingerprint density at radius 2 is 2.15 bits per heavy atom. The van der Waals surface area contributed by atoms with Crippen molar-refractivity contribution in [2.75, 3.05) is 11.9 Å². The summed E-state index contributed by atoms with van der Waals surface area (Å²) in [5.74, 6) is 0. The van der Waals surface area contributed by atoms with Crippen molar-refractivity contribution in [1.29, 1.82) is 0 Å². The molecule has 0 atom stereocenters. The Morgan fingerprint density at radius 1 is 1.35 bits per heavy atom. The predicted octanol–water partition coefficient (Wildman–Crippen LogP) is 3.08. The first-order valence-electron chi connectivity index (χ1n) is 6.66. The van der Waals surface area contributed by atoms with Crippen molar-refractivity contribution < 1.29 is 0 Å². The van der Waals surface area contributed by atoms with Gasteiger partial charge in [0.1, 0.15) is 0 Å². The van der Waals surface area contributed by atoms with E-state index in [9.17, 15) is 4.79 Å². The zero-order valence-corrected chi connectivity index (χ0v) is 12.4. The van der Waals surface area contributed by atoms with Gasteiger partial charge in [-0.25, -0.2) is 4.68 Å². The van der Waals surface area contributed by atoms with Gasteiger partial charge in [-0.15, -0.1) is 0 Å². The van der Waals surface area contributed by atoms with Gasteiger partial charge in [0.25, 0.3) is 5.56 Å². The van der Waals surface area contributed by atoms with Crippen molar-refractivity contribution in [3.8, 4) is 0 Å². The zero-order valence-electron chi connectivity index (χ0n) is 11.7. The quantitative estimate of drug-likeness (QED) is 0.921. The van der Waals surface area contributed by atoms with Gasteiger partial charge in [-0.05, 0) is 30.5 Å². The van der Waals surface area contributed by atoms with Gasteiger partial charge in [0.05, 0.1) is 18.4 Å². The van der Waals surface area contributed by atoms with Crippen molar-refractivity contribution >= 4 is 17.3 Å². The second kappa shape index (κ2) is 6.57. The second-order valence-corrected chi connectivity index (χ2v) is 5.17. The molecule has 0 saturated carbocycles. The topological polar surface area (TPSA) is 46.9 Å².